The fraction of sp³-hybridized carbons (Fsp3) is 0.625. The van der Waals surface area contributed by atoms with Gasteiger partial charge >= 0.3 is 0 Å². The Labute approximate surface area is 118 Å². The maximum absolute atomic E-state index is 5.16. The third kappa shape index (κ3) is 6.19. The molecule has 0 aromatic heterocycles. The van der Waals surface area contributed by atoms with Gasteiger partial charge in [0.25, 0.3) is 0 Å². The Balaban J connectivity index is 2.40. The summed E-state index contributed by atoms with van der Waals surface area (Å²) in [7, 11) is 1.73. The van der Waals surface area contributed by atoms with Gasteiger partial charge in [-0.25, -0.2) is 0 Å². The Morgan fingerprint density at radius 2 is 1.89 bits per heavy atom. The van der Waals surface area contributed by atoms with Crippen molar-refractivity contribution in [2.75, 3.05) is 26.7 Å². The van der Waals surface area contributed by atoms with Crippen molar-refractivity contribution >= 4 is 0 Å². The van der Waals surface area contributed by atoms with Gasteiger partial charge in [-0.15, -0.1) is 0 Å². The Bertz CT molecular complexity index is 350. The molecule has 1 N–H and O–H groups in total. The summed E-state index contributed by atoms with van der Waals surface area (Å²) in [6, 6.07) is 9.08. The molecular weight excluding hydrogens is 236 g/mol. The van der Waals surface area contributed by atoms with Crippen molar-refractivity contribution in [1.29, 1.82) is 0 Å². The molecule has 3 heteroatoms. The zero-order chi connectivity index (χ0) is 14.1. The molecule has 0 amide bonds. The molecule has 0 aliphatic carbocycles. The number of nitrogens with one attached hydrogen (secondary N) is 1. The van der Waals surface area contributed by atoms with E-state index in [9.17, 15) is 0 Å². The van der Waals surface area contributed by atoms with Crippen molar-refractivity contribution < 1.29 is 4.74 Å². The standard InChI is InChI=1S/C16H28N2O/c1-5-18(6-2)12-14(3)17-11-15-8-7-9-16(10-15)13-19-4/h7-10,14,17H,5-6,11-13H2,1-4H3. The molecule has 1 rings (SSSR count). The van der Waals surface area contributed by atoms with Gasteiger partial charge in [-0.05, 0) is 31.1 Å². The number of methoxy groups -OCH3 is 1. The molecule has 0 saturated heterocycles. The number of hydrogen-bond donors (Lipinski definition) is 1. The summed E-state index contributed by atoms with van der Waals surface area (Å²) in [5, 5.41) is 3.58. The van der Waals surface area contributed by atoms with Crippen molar-refractivity contribution in [1.82, 2.24) is 10.2 Å². The average molecular weight is 264 g/mol. The predicted molar refractivity (Wildman–Crippen MR) is 81.2 cm³/mol. The van der Waals surface area contributed by atoms with Gasteiger partial charge in [-0.2, -0.15) is 0 Å². The minimum absolute atomic E-state index is 0.506. The highest BCUT2D eigenvalue weighted by molar-refractivity contribution is 5.22. The van der Waals surface area contributed by atoms with E-state index in [1.807, 2.05) is 0 Å². The van der Waals surface area contributed by atoms with Gasteiger partial charge < -0.3 is 15.0 Å². The van der Waals surface area contributed by atoms with Crippen LogP contribution in [0.3, 0.4) is 0 Å². The first-order chi connectivity index (χ1) is 9.19. The van der Waals surface area contributed by atoms with Crippen LogP contribution in [-0.2, 0) is 17.9 Å². The quantitative estimate of drug-likeness (QED) is 0.742. The number of nitrogens with zero attached hydrogens (tertiary/aromatic N) is 1. The molecule has 1 atom stereocenters. The van der Waals surface area contributed by atoms with E-state index in [0.29, 0.717) is 12.6 Å². The summed E-state index contributed by atoms with van der Waals surface area (Å²) >= 11 is 0. The molecule has 0 bridgehead atoms. The first-order valence-corrected chi connectivity index (χ1v) is 7.22. The molecule has 0 heterocycles. The van der Waals surface area contributed by atoms with Crippen molar-refractivity contribution in [3.05, 3.63) is 35.4 Å². The van der Waals surface area contributed by atoms with Gasteiger partial charge in [0.05, 0.1) is 6.61 Å². The van der Waals surface area contributed by atoms with E-state index in [1.165, 1.54) is 11.1 Å². The van der Waals surface area contributed by atoms with Crippen LogP contribution in [0.5, 0.6) is 0 Å². The molecule has 0 saturated carbocycles. The lowest BCUT2D eigenvalue weighted by atomic mass is 10.1. The van der Waals surface area contributed by atoms with Gasteiger partial charge in [0.1, 0.15) is 0 Å². The van der Waals surface area contributed by atoms with Gasteiger partial charge in [0, 0.05) is 26.2 Å². The smallest absolute Gasteiger partial charge is 0.0713 e. The summed E-state index contributed by atoms with van der Waals surface area (Å²) in [6.45, 7) is 11.6. The molecule has 0 radical (unpaired) electrons. The van der Waals surface area contributed by atoms with Crippen LogP contribution < -0.4 is 5.32 Å². The first kappa shape index (κ1) is 16.2. The zero-order valence-electron chi connectivity index (χ0n) is 12.8. The number of ether oxygens (including phenoxy) is 1. The minimum Gasteiger partial charge on any atom is -0.380 e. The van der Waals surface area contributed by atoms with E-state index in [0.717, 1.165) is 26.2 Å². The van der Waals surface area contributed by atoms with Crippen molar-refractivity contribution in [3.8, 4) is 0 Å². The summed E-state index contributed by atoms with van der Waals surface area (Å²) in [5.74, 6) is 0. The molecule has 1 aromatic carbocycles. The predicted octanol–water partition coefficient (Wildman–Crippen LogP) is 2.65. The van der Waals surface area contributed by atoms with E-state index < -0.39 is 0 Å². The van der Waals surface area contributed by atoms with Crippen LogP contribution in [-0.4, -0.2) is 37.7 Å². The summed E-state index contributed by atoms with van der Waals surface area (Å²) < 4.78 is 5.16. The fourth-order valence-electron chi connectivity index (χ4n) is 2.22. The molecule has 108 valence electrons. The molecule has 3 nitrogen and oxygen atoms in total. The molecule has 0 aliphatic rings. The second-order valence-electron chi connectivity index (χ2n) is 5.02. The normalized spacial score (nSPS) is 12.9. The maximum atomic E-state index is 5.16. The lowest BCUT2D eigenvalue weighted by molar-refractivity contribution is 0.185. The maximum Gasteiger partial charge on any atom is 0.0713 e. The third-order valence-corrected chi connectivity index (χ3v) is 3.38. The lowest BCUT2D eigenvalue weighted by Gasteiger charge is -2.23. The molecular formula is C16H28N2O. The van der Waals surface area contributed by atoms with Crippen LogP contribution >= 0.6 is 0 Å². The molecule has 19 heavy (non-hydrogen) atoms. The molecule has 0 aliphatic heterocycles. The van der Waals surface area contributed by atoms with E-state index in [4.69, 9.17) is 4.74 Å². The van der Waals surface area contributed by atoms with Crippen LogP contribution in [0.1, 0.15) is 31.9 Å². The number of rotatable bonds is 9. The van der Waals surface area contributed by atoms with Gasteiger partial charge in [-0.1, -0.05) is 38.1 Å². The number of hydrogen-bond acceptors (Lipinski definition) is 3. The van der Waals surface area contributed by atoms with Crippen molar-refractivity contribution in [2.45, 2.75) is 40.0 Å². The molecule has 1 unspecified atom stereocenters. The van der Waals surface area contributed by atoms with E-state index in [2.05, 4.69) is 55.3 Å². The highest BCUT2D eigenvalue weighted by Gasteiger charge is 2.06. The second-order valence-corrected chi connectivity index (χ2v) is 5.02. The average Bonchev–Trinajstić information content (AvgIpc) is 2.43. The largest absolute Gasteiger partial charge is 0.380 e. The van der Waals surface area contributed by atoms with Crippen LogP contribution in [0, 0.1) is 0 Å². The third-order valence-electron chi connectivity index (χ3n) is 3.38. The number of benzene rings is 1. The summed E-state index contributed by atoms with van der Waals surface area (Å²) in [5.41, 5.74) is 2.55. The Morgan fingerprint density at radius 3 is 2.53 bits per heavy atom. The topological polar surface area (TPSA) is 24.5 Å². The summed E-state index contributed by atoms with van der Waals surface area (Å²) in [6.07, 6.45) is 0. The Hall–Kier alpha value is -0.900. The van der Waals surface area contributed by atoms with Crippen LogP contribution in [0.15, 0.2) is 24.3 Å². The zero-order valence-corrected chi connectivity index (χ0v) is 12.8. The monoisotopic (exact) mass is 264 g/mol. The summed E-state index contributed by atoms with van der Waals surface area (Å²) in [4.78, 5) is 2.44. The van der Waals surface area contributed by atoms with E-state index in [1.54, 1.807) is 7.11 Å². The van der Waals surface area contributed by atoms with E-state index in [-0.39, 0.29) is 0 Å². The Morgan fingerprint density at radius 1 is 1.21 bits per heavy atom. The fourth-order valence-corrected chi connectivity index (χ4v) is 2.22. The highest BCUT2D eigenvalue weighted by atomic mass is 16.5. The van der Waals surface area contributed by atoms with Crippen LogP contribution in [0.4, 0.5) is 0 Å². The molecule has 0 fully saturated rings. The van der Waals surface area contributed by atoms with Crippen molar-refractivity contribution in [3.63, 3.8) is 0 Å². The molecule has 1 aromatic rings. The van der Waals surface area contributed by atoms with Gasteiger partial charge in [-0.3, -0.25) is 0 Å². The Kier molecular flexibility index (Phi) is 7.72. The minimum atomic E-state index is 0.506. The SMILES string of the molecule is CCN(CC)CC(C)NCc1cccc(COC)c1. The second kappa shape index (κ2) is 9.08. The van der Waals surface area contributed by atoms with Crippen LogP contribution in [0.25, 0.3) is 0 Å². The lowest BCUT2D eigenvalue weighted by Crippen LogP contribution is -2.38. The van der Waals surface area contributed by atoms with E-state index >= 15 is 0 Å². The first-order valence-electron chi connectivity index (χ1n) is 7.22. The molecule has 0 spiro atoms. The van der Waals surface area contributed by atoms with Crippen LogP contribution in [0.2, 0.25) is 0 Å². The van der Waals surface area contributed by atoms with Gasteiger partial charge in [0.15, 0.2) is 0 Å². The number of likely N-dealkylation sites (N-methyl/N-ethyl adjacent to an activating group) is 1. The van der Waals surface area contributed by atoms with Gasteiger partial charge in [0.2, 0.25) is 0 Å². The van der Waals surface area contributed by atoms with Crippen molar-refractivity contribution in [2.24, 2.45) is 0 Å². The highest BCUT2D eigenvalue weighted by Crippen LogP contribution is 2.06.